The molecule has 0 amide bonds. The van der Waals surface area contributed by atoms with Gasteiger partial charge in [-0.15, -0.1) is 13.2 Å². The van der Waals surface area contributed by atoms with Crippen LogP contribution in [0.3, 0.4) is 0 Å². The maximum absolute atomic E-state index is 12.4. The minimum atomic E-state index is -5.09. The lowest BCUT2D eigenvalue weighted by atomic mass is 10.2. The van der Waals surface area contributed by atoms with Crippen molar-refractivity contribution >= 4 is 5.97 Å². The first-order valence-corrected chi connectivity index (χ1v) is 5.00. The van der Waals surface area contributed by atoms with Crippen LogP contribution in [0.25, 0.3) is 0 Å². The van der Waals surface area contributed by atoms with E-state index < -0.39 is 41.9 Å². The fraction of sp³-hybridized carbons (Fsp3) is 0.400. The third kappa shape index (κ3) is 3.97. The molecule has 1 N–H and O–H groups in total. The first-order chi connectivity index (χ1) is 8.78. The zero-order valence-electron chi connectivity index (χ0n) is 9.62. The molecule has 1 aromatic heterocycles. The molecule has 1 rings (SSSR count). The summed E-state index contributed by atoms with van der Waals surface area (Å²) in [6.45, 7) is 0.0566. The molecule has 0 atom stereocenters. The Morgan fingerprint density at radius 1 is 1.47 bits per heavy atom. The van der Waals surface area contributed by atoms with E-state index in [0.717, 1.165) is 0 Å². The number of pyridine rings is 1. The zero-order valence-corrected chi connectivity index (χ0v) is 9.62. The number of nitrogens with zero attached hydrogens (tertiary/aromatic N) is 1. The summed E-state index contributed by atoms with van der Waals surface area (Å²) in [6.07, 6.45) is -5.09. The maximum atomic E-state index is 12.4. The predicted octanol–water partition coefficient (Wildman–Crippen LogP) is 2.33. The molecular weight excluding hydrogens is 274 g/mol. The second-order valence-electron chi connectivity index (χ2n) is 3.20. The summed E-state index contributed by atoms with van der Waals surface area (Å²) in [5.74, 6) is -3.12. The van der Waals surface area contributed by atoms with Gasteiger partial charge in [-0.25, -0.2) is 14.2 Å². The summed E-state index contributed by atoms with van der Waals surface area (Å²) in [6, 6.07) is 0.460. The number of alkyl halides is 4. The number of esters is 1. The minimum Gasteiger partial charge on any atom is -0.506 e. The molecule has 0 spiro atoms. The van der Waals surface area contributed by atoms with Crippen molar-refractivity contribution in [2.24, 2.45) is 0 Å². The normalized spacial score (nSPS) is 11.2. The molecule has 0 saturated heterocycles. The van der Waals surface area contributed by atoms with E-state index in [1.54, 1.807) is 0 Å². The van der Waals surface area contributed by atoms with Gasteiger partial charge >= 0.3 is 12.3 Å². The fourth-order valence-electron chi connectivity index (χ4n) is 1.17. The van der Waals surface area contributed by atoms with Crippen molar-refractivity contribution in [2.45, 2.75) is 20.0 Å². The van der Waals surface area contributed by atoms with E-state index in [2.05, 4.69) is 14.5 Å². The van der Waals surface area contributed by atoms with Gasteiger partial charge in [-0.2, -0.15) is 0 Å². The molecule has 19 heavy (non-hydrogen) atoms. The van der Waals surface area contributed by atoms with E-state index >= 15 is 0 Å². The molecular formula is C10H9F4NO4. The van der Waals surface area contributed by atoms with Gasteiger partial charge in [0, 0.05) is 6.07 Å². The highest BCUT2D eigenvalue weighted by atomic mass is 19.4. The molecule has 9 heteroatoms. The Kier molecular flexibility index (Phi) is 4.52. The largest absolute Gasteiger partial charge is 0.573 e. The highest BCUT2D eigenvalue weighted by molar-refractivity contribution is 5.90. The number of carbonyl (C=O) groups excluding carboxylic acids is 1. The second kappa shape index (κ2) is 5.72. The van der Waals surface area contributed by atoms with Crippen LogP contribution >= 0.6 is 0 Å². The lowest BCUT2D eigenvalue weighted by Crippen LogP contribution is -2.20. The Labute approximate surface area is 104 Å². The number of rotatable bonds is 4. The molecule has 0 fully saturated rings. The van der Waals surface area contributed by atoms with Gasteiger partial charge in [-0.05, 0) is 6.92 Å². The summed E-state index contributed by atoms with van der Waals surface area (Å²) >= 11 is 0. The summed E-state index contributed by atoms with van der Waals surface area (Å²) in [4.78, 5) is 14.7. The monoisotopic (exact) mass is 283 g/mol. The van der Waals surface area contributed by atoms with Gasteiger partial charge in [0.2, 0.25) is 0 Å². The smallest absolute Gasteiger partial charge is 0.506 e. The number of aromatic nitrogens is 1. The molecule has 0 radical (unpaired) electrons. The van der Waals surface area contributed by atoms with Crippen molar-refractivity contribution in [1.29, 1.82) is 0 Å². The Bertz CT molecular complexity index is 475. The van der Waals surface area contributed by atoms with Crippen molar-refractivity contribution in [3.8, 4) is 11.5 Å². The molecule has 0 bridgehead atoms. The van der Waals surface area contributed by atoms with Crippen molar-refractivity contribution in [1.82, 2.24) is 4.98 Å². The Morgan fingerprint density at radius 2 is 2.11 bits per heavy atom. The standard InChI is InChI=1S/C10H9F4NO4/c1-2-18-9(17)8-7(19-10(12,13)14)3-6(16)5(4-11)15-8/h3,16H,2,4H2,1H3. The van der Waals surface area contributed by atoms with Gasteiger partial charge in [0.15, 0.2) is 11.4 Å². The minimum absolute atomic E-state index is 0.113. The Balaban J connectivity index is 3.26. The first kappa shape index (κ1) is 15.0. The van der Waals surface area contributed by atoms with E-state index in [9.17, 15) is 27.5 Å². The highest BCUT2D eigenvalue weighted by Crippen LogP contribution is 2.31. The lowest BCUT2D eigenvalue weighted by Gasteiger charge is -2.13. The SMILES string of the molecule is CCOC(=O)c1nc(CF)c(O)cc1OC(F)(F)F. The number of carbonyl (C=O) groups is 1. The van der Waals surface area contributed by atoms with Gasteiger partial charge in [0.05, 0.1) is 6.61 Å². The molecule has 0 aliphatic carbocycles. The summed E-state index contributed by atoms with van der Waals surface area (Å²) in [7, 11) is 0. The summed E-state index contributed by atoms with van der Waals surface area (Å²) in [5.41, 5.74) is -1.44. The van der Waals surface area contributed by atoms with Crippen molar-refractivity contribution in [2.75, 3.05) is 6.61 Å². The number of aromatic hydroxyl groups is 1. The van der Waals surface area contributed by atoms with Crippen LogP contribution in [0.4, 0.5) is 17.6 Å². The molecule has 5 nitrogen and oxygen atoms in total. The molecule has 0 aliphatic rings. The lowest BCUT2D eigenvalue weighted by molar-refractivity contribution is -0.274. The average Bonchev–Trinajstić information content (AvgIpc) is 2.27. The third-order valence-electron chi connectivity index (χ3n) is 1.86. The predicted molar refractivity (Wildman–Crippen MR) is 53.4 cm³/mol. The molecule has 1 heterocycles. The highest BCUT2D eigenvalue weighted by Gasteiger charge is 2.34. The number of halogens is 4. The summed E-state index contributed by atoms with van der Waals surface area (Å²) < 4.78 is 56.8. The Morgan fingerprint density at radius 3 is 2.58 bits per heavy atom. The van der Waals surface area contributed by atoms with E-state index in [0.29, 0.717) is 6.07 Å². The fourth-order valence-corrected chi connectivity index (χ4v) is 1.17. The van der Waals surface area contributed by atoms with Gasteiger partial charge in [0.1, 0.15) is 18.1 Å². The Hall–Kier alpha value is -2.06. The molecule has 106 valence electrons. The van der Waals surface area contributed by atoms with Crippen LogP contribution in [-0.2, 0) is 11.4 Å². The average molecular weight is 283 g/mol. The van der Waals surface area contributed by atoms with E-state index in [1.165, 1.54) is 6.92 Å². The van der Waals surface area contributed by atoms with Crippen LogP contribution in [0.2, 0.25) is 0 Å². The van der Waals surface area contributed by atoms with Gasteiger partial charge in [-0.1, -0.05) is 0 Å². The van der Waals surface area contributed by atoms with Gasteiger partial charge in [-0.3, -0.25) is 0 Å². The van der Waals surface area contributed by atoms with Crippen LogP contribution in [0.1, 0.15) is 23.1 Å². The van der Waals surface area contributed by atoms with Crippen LogP contribution in [0.5, 0.6) is 11.5 Å². The van der Waals surface area contributed by atoms with Crippen molar-refractivity contribution < 1.29 is 36.9 Å². The second-order valence-corrected chi connectivity index (χ2v) is 3.20. The van der Waals surface area contributed by atoms with Crippen molar-refractivity contribution in [3.05, 3.63) is 17.5 Å². The topological polar surface area (TPSA) is 68.7 Å². The van der Waals surface area contributed by atoms with E-state index in [4.69, 9.17) is 0 Å². The maximum Gasteiger partial charge on any atom is 0.573 e. The molecule has 0 aromatic carbocycles. The third-order valence-corrected chi connectivity index (χ3v) is 1.86. The van der Waals surface area contributed by atoms with Crippen LogP contribution < -0.4 is 4.74 Å². The van der Waals surface area contributed by atoms with Crippen LogP contribution in [0, 0.1) is 0 Å². The number of hydrogen-bond donors (Lipinski definition) is 1. The molecule has 1 aromatic rings. The van der Waals surface area contributed by atoms with Crippen LogP contribution in [0.15, 0.2) is 6.07 Å². The van der Waals surface area contributed by atoms with Crippen molar-refractivity contribution in [3.63, 3.8) is 0 Å². The van der Waals surface area contributed by atoms with Gasteiger partial charge < -0.3 is 14.6 Å². The molecule has 0 unspecified atom stereocenters. The van der Waals surface area contributed by atoms with Crippen LogP contribution in [-0.4, -0.2) is 29.0 Å². The first-order valence-electron chi connectivity index (χ1n) is 5.00. The summed E-state index contributed by atoms with van der Waals surface area (Å²) in [5, 5.41) is 9.22. The van der Waals surface area contributed by atoms with Gasteiger partial charge in [0.25, 0.3) is 0 Å². The molecule has 0 saturated carbocycles. The van der Waals surface area contributed by atoms with E-state index in [-0.39, 0.29) is 6.61 Å². The van der Waals surface area contributed by atoms with E-state index in [1.807, 2.05) is 0 Å². The molecule has 0 aliphatic heterocycles. The quantitative estimate of drug-likeness (QED) is 0.678. The number of hydrogen-bond acceptors (Lipinski definition) is 5. The number of ether oxygens (including phenoxy) is 2. The zero-order chi connectivity index (χ0) is 14.6.